The first kappa shape index (κ1) is 23.8. The predicted octanol–water partition coefficient (Wildman–Crippen LogP) is 2.82. The van der Waals surface area contributed by atoms with Crippen molar-refractivity contribution in [1.82, 2.24) is 15.6 Å². The number of nitrogens with one attached hydrogen (secondary N) is 2. The smallest absolute Gasteiger partial charge is 0.287 e. The third-order valence-corrected chi connectivity index (χ3v) is 5.07. The molecular weight excluding hydrogens is 452 g/mol. The minimum atomic E-state index is -1.05. The molecule has 3 aromatic rings. The lowest BCUT2D eigenvalue weighted by Crippen LogP contribution is -2.51. The van der Waals surface area contributed by atoms with Gasteiger partial charge in [-0.2, -0.15) is 0 Å². The number of aromatic nitrogens is 1. The Balaban J connectivity index is 1.72. The molecule has 1 aliphatic heterocycles. The fourth-order valence-corrected chi connectivity index (χ4v) is 3.61. The first-order valence-corrected chi connectivity index (χ1v) is 11.0. The van der Waals surface area contributed by atoms with Crippen molar-refractivity contribution < 1.29 is 28.3 Å². The van der Waals surface area contributed by atoms with Gasteiger partial charge in [-0.1, -0.05) is 0 Å². The summed E-state index contributed by atoms with van der Waals surface area (Å²) in [7, 11) is 0. The second kappa shape index (κ2) is 9.88. The van der Waals surface area contributed by atoms with Gasteiger partial charge in [-0.15, -0.1) is 0 Å². The highest BCUT2D eigenvalue weighted by molar-refractivity contribution is 6.04. The number of hydrogen-bond acceptors (Lipinski definition) is 7. The van der Waals surface area contributed by atoms with Crippen LogP contribution in [0.5, 0.6) is 11.5 Å². The molecule has 1 aromatic carbocycles. The van der Waals surface area contributed by atoms with E-state index in [-0.39, 0.29) is 19.1 Å². The molecule has 0 unspecified atom stereocenters. The highest BCUT2D eigenvalue weighted by atomic mass is 16.7. The number of nitrogens with zero attached hydrogens (tertiary/aromatic N) is 2. The van der Waals surface area contributed by atoms with Gasteiger partial charge < -0.3 is 24.5 Å². The Morgan fingerprint density at radius 3 is 2.49 bits per heavy atom. The van der Waals surface area contributed by atoms with Crippen LogP contribution in [0.2, 0.25) is 0 Å². The molecule has 10 nitrogen and oxygen atoms in total. The van der Waals surface area contributed by atoms with Crippen molar-refractivity contribution in [2.45, 2.75) is 32.4 Å². The van der Waals surface area contributed by atoms with E-state index in [4.69, 9.17) is 13.9 Å². The number of fused-ring (bicyclic) bond motifs is 1. The number of anilines is 1. The van der Waals surface area contributed by atoms with E-state index in [0.29, 0.717) is 22.7 Å². The lowest BCUT2D eigenvalue weighted by molar-refractivity contribution is -0.127. The van der Waals surface area contributed by atoms with Gasteiger partial charge in [0.2, 0.25) is 18.6 Å². The Morgan fingerprint density at radius 2 is 1.80 bits per heavy atom. The SMILES string of the molecule is CC(C)(C)NC(=O)[C@@H](c1ccncc1)N(C(=O)CNC(=O)c1ccco1)c1ccc2c(c1)OCO2. The number of benzene rings is 1. The number of pyridine rings is 1. The highest BCUT2D eigenvalue weighted by Gasteiger charge is 2.35. The lowest BCUT2D eigenvalue weighted by atomic mass is 10.0. The van der Waals surface area contributed by atoms with Gasteiger partial charge in [0.15, 0.2) is 17.3 Å². The molecule has 3 heterocycles. The second-order valence-electron chi connectivity index (χ2n) is 8.88. The van der Waals surface area contributed by atoms with Crippen molar-refractivity contribution >= 4 is 23.4 Å². The van der Waals surface area contributed by atoms with Crippen LogP contribution < -0.4 is 25.0 Å². The summed E-state index contributed by atoms with van der Waals surface area (Å²) in [6.45, 7) is 5.24. The first-order chi connectivity index (χ1) is 16.7. The molecule has 1 atom stereocenters. The molecule has 2 aromatic heterocycles. The average molecular weight is 479 g/mol. The lowest BCUT2D eigenvalue weighted by Gasteiger charge is -2.33. The highest BCUT2D eigenvalue weighted by Crippen LogP contribution is 2.38. The van der Waals surface area contributed by atoms with Gasteiger partial charge in [-0.25, -0.2) is 0 Å². The number of hydrogen-bond donors (Lipinski definition) is 2. The monoisotopic (exact) mass is 478 g/mol. The van der Waals surface area contributed by atoms with Crippen LogP contribution in [0.1, 0.15) is 42.9 Å². The summed E-state index contributed by atoms with van der Waals surface area (Å²) in [5.41, 5.74) is 0.391. The zero-order valence-corrected chi connectivity index (χ0v) is 19.6. The molecular formula is C25H26N4O6. The molecule has 182 valence electrons. The van der Waals surface area contributed by atoms with Crippen molar-refractivity contribution in [3.63, 3.8) is 0 Å². The molecule has 0 spiro atoms. The Labute approximate surface area is 202 Å². The van der Waals surface area contributed by atoms with Gasteiger partial charge in [0.1, 0.15) is 6.04 Å². The number of furan rings is 1. The molecule has 3 amide bonds. The fourth-order valence-electron chi connectivity index (χ4n) is 3.61. The van der Waals surface area contributed by atoms with Gasteiger partial charge in [0.25, 0.3) is 5.91 Å². The Bertz CT molecular complexity index is 1200. The van der Waals surface area contributed by atoms with Crippen LogP contribution in [-0.2, 0) is 9.59 Å². The van der Waals surface area contributed by atoms with E-state index in [2.05, 4.69) is 15.6 Å². The molecule has 0 saturated heterocycles. The van der Waals surface area contributed by atoms with Crippen molar-refractivity contribution in [2.24, 2.45) is 0 Å². The van der Waals surface area contributed by atoms with Crippen LogP contribution in [0.3, 0.4) is 0 Å². The maximum atomic E-state index is 13.6. The Morgan fingerprint density at radius 1 is 1.06 bits per heavy atom. The van der Waals surface area contributed by atoms with Gasteiger partial charge in [-0.3, -0.25) is 24.3 Å². The van der Waals surface area contributed by atoms with E-state index in [0.717, 1.165) is 0 Å². The van der Waals surface area contributed by atoms with Gasteiger partial charge in [0, 0.05) is 29.7 Å². The maximum Gasteiger partial charge on any atom is 0.287 e. The molecule has 0 radical (unpaired) electrons. The topological polar surface area (TPSA) is 123 Å². The van der Waals surface area contributed by atoms with E-state index in [1.807, 2.05) is 20.8 Å². The number of carbonyl (C=O) groups excluding carboxylic acids is 3. The standard InChI is InChI=1S/C25H26N4O6/c1-25(2,3)28-24(32)22(16-8-10-26-11-9-16)29(17-6-7-18-20(13-17)35-15-34-18)21(30)14-27-23(31)19-5-4-12-33-19/h4-13,22H,14-15H2,1-3H3,(H,27,31)(H,28,32)/t22-/m1/s1. The van der Waals surface area contributed by atoms with Gasteiger partial charge >= 0.3 is 0 Å². The van der Waals surface area contributed by atoms with Gasteiger partial charge in [-0.05, 0) is 62.7 Å². The van der Waals surface area contributed by atoms with Crippen molar-refractivity contribution in [3.05, 3.63) is 72.4 Å². The van der Waals surface area contributed by atoms with Crippen molar-refractivity contribution in [3.8, 4) is 11.5 Å². The summed E-state index contributed by atoms with van der Waals surface area (Å²) in [5.74, 6) is -0.407. The minimum absolute atomic E-state index is 0.0598. The molecule has 4 rings (SSSR count). The molecule has 0 saturated carbocycles. The molecule has 1 aliphatic rings. The van der Waals surface area contributed by atoms with Crippen molar-refractivity contribution in [2.75, 3.05) is 18.2 Å². The first-order valence-electron chi connectivity index (χ1n) is 11.0. The quantitative estimate of drug-likeness (QED) is 0.535. The van der Waals surface area contributed by atoms with E-state index in [1.165, 1.54) is 17.2 Å². The predicted molar refractivity (Wildman–Crippen MR) is 126 cm³/mol. The number of carbonyl (C=O) groups is 3. The summed E-state index contributed by atoms with van der Waals surface area (Å²) in [4.78, 5) is 44.9. The zero-order valence-electron chi connectivity index (χ0n) is 19.6. The van der Waals surface area contributed by atoms with E-state index in [9.17, 15) is 14.4 Å². The third-order valence-electron chi connectivity index (χ3n) is 5.07. The van der Waals surface area contributed by atoms with E-state index in [1.54, 1.807) is 48.8 Å². The second-order valence-corrected chi connectivity index (χ2v) is 8.88. The number of amides is 3. The van der Waals surface area contributed by atoms with Crippen LogP contribution in [0.15, 0.2) is 65.5 Å². The summed E-state index contributed by atoms with van der Waals surface area (Å²) < 4.78 is 16.0. The maximum absolute atomic E-state index is 13.6. The molecule has 0 fully saturated rings. The minimum Gasteiger partial charge on any atom is -0.459 e. The molecule has 0 bridgehead atoms. The van der Waals surface area contributed by atoms with Crippen LogP contribution in [-0.4, -0.2) is 41.6 Å². The summed E-state index contributed by atoms with van der Waals surface area (Å²) in [5, 5.41) is 5.51. The third kappa shape index (κ3) is 5.60. The van der Waals surface area contributed by atoms with Crippen molar-refractivity contribution in [1.29, 1.82) is 0 Å². The summed E-state index contributed by atoms with van der Waals surface area (Å²) in [6, 6.07) is 10.3. The molecule has 0 aliphatic carbocycles. The Kier molecular flexibility index (Phi) is 6.72. The molecule has 2 N–H and O–H groups in total. The molecule has 10 heteroatoms. The van der Waals surface area contributed by atoms with Crippen LogP contribution in [0.25, 0.3) is 0 Å². The average Bonchev–Trinajstić information content (AvgIpc) is 3.52. The van der Waals surface area contributed by atoms with Crippen LogP contribution in [0.4, 0.5) is 5.69 Å². The summed E-state index contributed by atoms with van der Waals surface area (Å²) >= 11 is 0. The number of ether oxygens (including phenoxy) is 2. The summed E-state index contributed by atoms with van der Waals surface area (Å²) in [6.07, 6.45) is 4.47. The zero-order chi connectivity index (χ0) is 25.0. The van der Waals surface area contributed by atoms with E-state index < -0.39 is 29.3 Å². The normalized spacial score (nSPS) is 13.1. The Hall–Kier alpha value is -4.34. The van der Waals surface area contributed by atoms with E-state index >= 15 is 0 Å². The number of rotatable bonds is 7. The van der Waals surface area contributed by atoms with Crippen LogP contribution in [0, 0.1) is 0 Å². The largest absolute Gasteiger partial charge is 0.459 e. The molecule has 35 heavy (non-hydrogen) atoms. The van der Waals surface area contributed by atoms with Crippen LogP contribution >= 0.6 is 0 Å². The van der Waals surface area contributed by atoms with Gasteiger partial charge in [0.05, 0.1) is 12.8 Å². The fraction of sp³-hybridized carbons (Fsp3) is 0.280.